The van der Waals surface area contributed by atoms with Gasteiger partial charge in [-0.3, -0.25) is 4.79 Å². The number of ether oxygens (including phenoxy) is 1. The van der Waals surface area contributed by atoms with Crippen molar-refractivity contribution in [2.45, 2.75) is 6.10 Å². The summed E-state index contributed by atoms with van der Waals surface area (Å²) in [6.07, 6.45) is -1.28. The molecule has 2 aromatic carbocycles. The Hall–Kier alpha value is -2.67. The first-order chi connectivity index (χ1) is 11.4. The summed E-state index contributed by atoms with van der Waals surface area (Å²) in [5.41, 5.74) is 0.0530. The van der Waals surface area contributed by atoms with E-state index >= 15 is 0 Å². The molecule has 1 aliphatic heterocycles. The minimum absolute atomic E-state index is 0.197. The summed E-state index contributed by atoms with van der Waals surface area (Å²) in [7, 11) is 0. The Labute approximate surface area is 140 Å². The topological polar surface area (TPSA) is 66.8 Å². The highest BCUT2D eigenvalue weighted by atomic mass is 35.5. The summed E-state index contributed by atoms with van der Waals surface area (Å²) in [5.74, 6) is -4.20. The number of amides is 1. The van der Waals surface area contributed by atoms with Crippen LogP contribution in [0.4, 0.5) is 14.5 Å². The molecule has 0 radical (unpaired) electrons. The van der Waals surface area contributed by atoms with Crippen molar-refractivity contribution < 1.29 is 28.2 Å². The van der Waals surface area contributed by atoms with E-state index in [4.69, 9.17) is 16.3 Å². The zero-order chi connectivity index (χ0) is 17.4. The number of hydrogen-bond acceptors (Lipinski definition) is 3. The second-order valence-corrected chi connectivity index (χ2v) is 5.48. The first-order valence-corrected chi connectivity index (χ1v) is 7.21. The monoisotopic (exact) mass is 353 g/mol. The Bertz CT molecular complexity index is 843. The van der Waals surface area contributed by atoms with Gasteiger partial charge in [0.2, 0.25) is 6.10 Å². The fourth-order valence-electron chi connectivity index (χ4n) is 2.39. The van der Waals surface area contributed by atoms with Crippen molar-refractivity contribution in [1.82, 2.24) is 0 Å². The van der Waals surface area contributed by atoms with Crippen molar-refractivity contribution in [2.24, 2.45) is 0 Å². The number of carbonyl (C=O) groups is 2. The molecule has 124 valence electrons. The van der Waals surface area contributed by atoms with Crippen LogP contribution in [0.2, 0.25) is 5.02 Å². The number of rotatable bonds is 2. The first kappa shape index (κ1) is 16.2. The number of fused-ring (bicyclic) bond motifs is 1. The molecular weight excluding hydrogens is 344 g/mol. The number of anilines is 1. The van der Waals surface area contributed by atoms with Gasteiger partial charge in [0.25, 0.3) is 5.91 Å². The number of halogens is 3. The van der Waals surface area contributed by atoms with E-state index in [1.165, 1.54) is 6.07 Å². The maximum absolute atomic E-state index is 13.5. The highest BCUT2D eigenvalue weighted by molar-refractivity contribution is 6.34. The molecule has 1 atom stereocenters. The van der Waals surface area contributed by atoms with E-state index in [0.29, 0.717) is 17.8 Å². The number of benzene rings is 2. The van der Waals surface area contributed by atoms with Crippen molar-refractivity contribution in [3.8, 4) is 5.75 Å². The molecule has 0 aromatic heterocycles. The Morgan fingerprint density at radius 2 is 1.88 bits per heavy atom. The van der Waals surface area contributed by atoms with Crippen molar-refractivity contribution in [3.63, 3.8) is 0 Å². The highest BCUT2D eigenvalue weighted by Crippen LogP contribution is 2.35. The zero-order valence-electron chi connectivity index (χ0n) is 12.0. The second kappa shape index (κ2) is 6.09. The van der Waals surface area contributed by atoms with Gasteiger partial charge in [-0.2, -0.15) is 0 Å². The summed E-state index contributed by atoms with van der Waals surface area (Å²) >= 11 is 5.84. The molecule has 3 rings (SSSR count). The lowest BCUT2D eigenvalue weighted by Gasteiger charge is -2.33. The van der Waals surface area contributed by atoms with Gasteiger partial charge in [0.1, 0.15) is 5.75 Å². The van der Waals surface area contributed by atoms with E-state index in [2.05, 4.69) is 0 Å². The molecule has 1 unspecified atom stereocenters. The molecule has 1 aliphatic rings. The summed E-state index contributed by atoms with van der Waals surface area (Å²) in [6, 6.07) is 7.71. The predicted octanol–water partition coefficient (Wildman–Crippen LogP) is 3.11. The van der Waals surface area contributed by atoms with E-state index < -0.39 is 29.6 Å². The van der Waals surface area contributed by atoms with Gasteiger partial charge < -0.3 is 14.7 Å². The molecule has 0 fully saturated rings. The van der Waals surface area contributed by atoms with Crippen LogP contribution in [0.15, 0.2) is 36.4 Å². The lowest BCUT2D eigenvalue weighted by molar-refractivity contribution is -0.144. The third-order valence-corrected chi connectivity index (χ3v) is 3.85. The minimum atomic E-state index is -1.28. The normalized spacial score (nSPS) is 16.3. The van der Waals surface area contributed by atoms with Gasteiger partial charge in [-0.25, -0.2) is 13.6 Å². The van der Waals surface area contributed by atoms with Crippen LogP contribution in [0.1, 0.15) is 10.4 Å². The Morgan fingerprint density at radius 3 is 2.58 bits per heavy atom. The molecular formula is C16H10ClF2NO4. The number of carboxylic acids is 1. The number of nitrogens with zero attached hydrogens (tertiary/aromatic N) is 1. The van der Waals surface area contributed by atoms with Crippen LogP contribution in [0.3, 0.4) is 0 Å². The van der Waals surface area contributed by atoms with Gasteiger partial charge in [0, 0.05) is 0 Å². The fraction of sp³-hybridized carbons (Fsp3) is 0.125. The highest BCUT2D eigenvalue weighted by Gasteiger charge is 2.34. The Kier molecular flexibility index (Phi) is 4.11. The smallest absolute Gasteiger partial charge is 0.346 e. The van der Waals surface area contributed by atoms with Crippen molar-refractivity contribution in [2.75, 3.05) is 11.4 Å². The quantitative estimate of drug-likeness (QED) is 0.842. The average molecular weight is 354 g/mol. The summed E-state index contributed by atoms with van der Waals surface area (Å²) in [4.78, 5) is 25.1. The lowest BCUT2D eigenvalue weighted by Crippen LogP contribution is -2.47. The SMILES string of the molecule is O=C(O)C1CN(C(=O)c2cc(F)c(F)cc2Cl)c2ccccc2O1. The van der Waals surface area contributed by atoms with Crippen LogP contribution < -0.4 is 9.64 Å². The van der Waals surface area contributed by atoms with Gasteiger partial charge in [0.15, 0.2) is 11.6 Å². The maximum Gasteiger partial charge on any atom is 0.346 e. The summed E-state index contributed by atoms with van der Waals surface area (Å²) < 4.78 is 32.0. The molecule has 0 aliphatic carbocycles. The summed E-state index contributed by atoms with van der Waals surface area (Å²) in [5, 5.41) is 8.90. The van der Waals surface area contributed by atoms with E-state index in [1.54, 1.807) is 18.2 Å². The second-order valence-electron chi connectivity index (χ2n) is 5.07. The van der Waals surface area contributed by atoms with Gasteiger partial charge in [0.05, 0.1) is 22.8 Å². The van der Waals surface area contributed by atoms with Crippen molar-refractivity contribution in [1.29, 1.82) is 0 Å². The molecule has 0 saturated carbocycles. The maximum atomic E-state index is 13.5. The van der Waals surface area contributed by atoms with Gasteiger partial charge in [-0.05, 0) is 24.3 Å². The molecule has 1 amide bonds. The fourth-order valence-corrected chi connectivity index (χ4v) is 2.62. The van der Waals surface area contributed by atoms with E-state index in [-0.39, 0.29) is 22.9 Å². The van der Waals surface area contributed by atoms with Crippen molar-refractivity contribution >= 4 is 29.2 Å². The number of carboxylic acid groups (broad SMARTS) is 1. The van der Waals surface area contributed by atoms with Gasteiger partial charge >= 0.3 is 5.97 Å². The summed E-state index contributed by atoms with van der Waals surface area (Å²) in [6.45, 7) is -0.291. The predicted molar refractivity (Wildman–Crippen MR) is 81.5 cm³/mol. The van der Waals surface area contributed by atoms with Gasteiger partial charge in [-0.15, -0.1) is 0 Å². The van der Waals surface area contributed by atoms with E-state index in [9.17, 15) is 23.5 Å². The number of aliphatic carboxylic acids is 1. The third kappa shape index (κ3) is 2.78. The number of carbonyl (C=O) groups excluding carboxylic acids is 1. The number of para-hydroxylation sites is 2. The minimum Gasteiger partial charge on any atom is -0.478 e. The van der Waals surface area contributed by atoms with Crippen LogP contribution in [0.5, 0.6) is 5.75 Å². The molecule has 0 bridgehead atoms. The van der Waals surface area contributed by atoms with Crippen LogP contribution in [0.25, 0.3) is 0 Å². The zero-order valence-corrected chi connectivity index (χ0v) is 12.8. The molecule has 5 nitrogen and oxygen atoms in total. The third-order valence-electron chi connectivity index (χ3n) is 3.53. The molecule has 24 heavy (non-hydrogen) atoms. The average Bonchev–Trinajstić information content (AvgIpc) is 2.56. The van der Waals surface area contributed by atoms with Crippen LogP contribution in [-0.4, -0.2) is 29.6 Å². The van der Waals surface area contributed by atoms with Crippen LogP contribution >= 0.6 is 11.6 Å². The molecule has 0 spiro atoms. The largest absolute Gasteiger partial charge is 0.478 e. The Balaban J connectivity index is 2.06. The first-order valence-electron chi connectivity index (χ1n) is 6.83. The van der Waals surface area contributed by atoms with Crippen LogP contribution in [0, 0.1) is 11.6 Å². The molecule has 1 heterocycles. The standard InChI is InChI=1S/C16H10ClF2NO4/c17-9-6-11(19)10(18)5-8(9)15(21)20-7-14(16(22)23)24-13-4-2-1-3-12(13)20/h1-6,14H,7H2,(H,22,23). The van der Waals surface area contributed by atoms with E-state index in [0.717, 1.165) is 4.90 Å². The molecule has 8 heteroatoms. The lowest BCUT2D eigenvalue weighted by atomic mass is 10.1. The van der Waals surface area contributed by atoms with Crippen molar-refractivity contribution in [3.05, 3.63) is 58.6 Å². The van der Waals surface area contributed by atoms with Gasteiger partial charge in [-0.1, -0.05) is 23.7 Å². The van der Waals surface area contributed by atoms with Crippen LogP contribution in [-0.2, 0) is 4.79 Å². The number of hydrogen-bond donors (Lipinski definition) is 1. The molecule has 1 N–H and O–H groups in total. The molecule has 2 aromatic rings. The molecule has 0 saturated heterocycles. The Morgan fingerprint density at radius 1 is 1.21 bits per heavy atom. The van der Waals surface area contributed by atoms with E-state index in [1.807, 2.05) is 0 Å².